The second kappa shape index (κ2) is 3.12. The van der Waals surface area contributed by atoms with Gasteiger partial charge in [-0.15, -0.1) is 0 Å². The fraction of sp³-hybridized carbons (Fsp3) is 0.571. The van der Waals surface area contributed by atoms with E-state index in [1.807, 2.05) is 6.20 Å². The fourth-order valence-electron chi connectivity index (χ4n) is 1.17. The lowest BCUT2D eigenvalue weighted by Gasteiger charge is -2.06. The van der Waals surface area contributed by atoms with Crippen LogP contribution in [0.25, 0.3) is 0 Å². The van der Waals surface area contributed by atoms with E-state index in [1.54, 1.807) is 10.7 Å². The van der Waals surface area contributed by atoms with E-state index in [4.69, 9.17) is 15.2 Å². The molecule has 5 nitrogen and oxygen atoms in total. The first-order valence-electron chi connectivity index (χ1n) is 3.83. The van der Waals surface area contributed by atoms with E-state index in [1.165, 1.54) is 0 Å². The van der Waals surface area contributed by atoms with Crippen molar-refractivity contribution in [1.29, 1.82) is 0 Å². The van der Waals surface area contributed by atoms with Gasteiger partial charge in [0, 0.05) is 6.20 Å². The standard InChI is InChI=1S/C7H11N3O2/c8-7-1-2-10(9-7)3-6-4-11-5-12-6/h1-2,6H,3-5H2,(H2,8,9). The second-order valence-corrected chi connectivity index (χ2v) is 2.74. The minimum absolute atomic E-state index is 0.115. The van der Waals surface area contributed by atoms with Gasteiger partial charge in [0.15, 0.2) is 0 Å². The number of nitrogen functional groups attached to an aromatic ring is 1. The monoisotopic (exact) mass is 169 g/mol. The van der Waals surface area contributed by atoms with Crippen molar-refractivity contribution < 1.29 is 9.47 Å². The number of hydrogen-bond acceptors (Lipinski definition) is 4. The Kier molecular flexibility index (Phi) is 1.97. The highest BCUT2D eigenvalue weighted by Crippen LogP contribution is 2.06. The van der Waals surface area contributed by atoms with E-state index in [0.29, 0.717) is 25.8 Å². The van der Waals surface area contributed by atoms with Crippen LogP contribution in [0.15, 0.2) is 12.3 Å². The molecular formula is C7H11N3O2. The minimum atomic E-state index is 0.115. The average Bonchev–Trinajstić information content (AvgIpc) is 2.63. The highest BCUT2D eigenvalue weighted by molar-refractivity contribution is 5.23. The van der Waals surface area contributed by atoms with E-state index in [9.17, 15) is 0 Å². The van der Waals surface area contributed by atoms with Gasteiger partial charge in [0.25, 0.3) is 0 Å². The van der Waals surface area contributed by atoms with Gasteiger partial charge in [-0.1, -0.05) is 0 Å². The lowest BCUT2D eigenvalue weighted by molar-refractivity contribution is 0.0413. The van der Waals surface area contributed by atoms with Gasteiger partial charge in [0.2, 0.25) is 0 Å². The van der Waals surface area contributed by atoms with Crippen molar-refractivity contribution in [2.45, 2.75) is 12.6 Å². The zero-order chi connectivity index (χ0) is 8.39. The first-order chi connectivity index (χ1) is 5.84. The lowest BCUT2D eigenvalue weighted by atomic mass is 10.4. The van der Waals surface area contributed by atoms with Crippen LogP contribution < -0.4 is 5.73 Å². The smallest absolute Gasteiger partial charge is 0.147 e. The third-order valence-corrected chi connectivity index (χ3v) is 1.74. The molecule has 2 heterocycles. The molecule has 1 aromatic rings. The Balaban J connectivity index is 1.94. The van der Waals surface area contributed by atoms with Gasteiger partial charge in [-0.3, -0.25) is 4.68 Å². The number of ether oxygens (including phenoxy) is 2. The topological polar surface area (TPSA) is 62.3 Å². The van der Waals surface area contributed by atoms with Crippen molar-refractivity contribution in [3.8, 4) is 0 Å². The summed E-state index contributed by atoms with van der Waals surface area (Å²) < 4.78 is 12.0. The third-order valence-electron chi connectivity index (χ3n) is 1.74. The highest BCUT2D eigenvalue weighted by Gasteiger charge is 2.16. The van der Waals surface area contributed by atoms with Crippen molar-refractivity contribution in [3.05, 3.63) is 12.3 Å². The molecule has 1 unspecified atom stereocenters. The summed E-state index contributed by atoms with van der Waals surface area (Å²) in [6.45, 7) is 1.73. The molecule has 1 fully saturated rings. The van der Waals surface area contributed by atoms with Crippen LogP contribution in [-0.4, -0.2) is 29.3 Å². The summed E-state index contributed by atoms with van der Waals surface area (Å²) in [4.78, 5) is 0. The lowest BCUT2D eigenvalue weighted by Crippen LogP contribution is -2.18. The van der Waals surface area contributed by atoms with Gasteiger partial charge in [-0.2, -0.15) is 5.10 Å². The Bertz CT molecular complexity index is 255. The SMILES string of the molecule is Nc1ccn(CC2COCO2)n1. The quantitative estimate of drug-likeness (QED) is 0.668. The molecule has 0 saturated carbocycles. The highest BCUT2D eigenvalue weighted by atomic mass is 16.7. The normalized spacial score (nSPS) is 23.2. The Morgan fingerprint density at radius 3 is 3.25 bits per heavy atom. The van der Waals surface area contributed by atoms with E-state index < -0.39 is 0 Å². The molecule has 0 amide bonds. The number of aromatic nitrogens is 2. The average molecular weight is 169 g/mol. The molecule has 1 aliphatic rings. The van der Waals surface area contributed by atoms with Crippen LogP contribution in [0.2, 0.25) is 0 Å². The number of nitrogens with zero attached hydrogens (tertiary/aromatic N) is 2. The summed E-state index contributed by atoms with van der Waals surface area (Å²) in [6.07, 6.45) is 1.95. The summed E-state index contributed by atoms with van der Waals surface area (Å²) in [6, 6.07) is 1.76. The molecular weight excluding hydrogens is 158 g/mol. The van der Waals surface area contributed by atoms with Crippen molar-refractivity contribution in [1.82, 2.24) is 9.78 Å². The van der Waals surface area contributed by atoms with Crippen LogP contribution >= 0.6 is 0 Å². The molecule has 0 aliphatic carbocycles. The molecule has 1 atom stereocenters. The predicted molar refractivity (Wildman–Crippen MR) is 42.3 cm³/mol. The van der Waals surface area contributed by atoms with E-state index in [-0.39, 0.29) is 6.10 Å². The first kappa shape index (κ1) is 7.57. The van der Waals surface area contributed by atoms with Gasteiger partial charge in [0.05, 0.1) is 13.2 Å². The summed E-state index contributed by atoms with van der Waals surface area (Å²) in [5.41, 5.74) is 5.45. The van der Waals surface area contributed by atoms with Gasteiger partial charge < -0.3 is 15.2 Å². The molecule has 0 radical (unpaired) electrons. The van der Waals surface area contributed by atoms with Crippen molar-refractivity contribution in [2.75, 3.05) is 19.1 Å². The van der Waals surface area contributed by atoms with Crippen molar-refractivity contribution in [3.63, 3.8) is 0 Å². The van der Waals surface area contributed by atoms with Crippen molar-refractivity contribution in [2.24, 2.45) is 0 Å². The van der Waals surface area contributed by atoms with Crippen LogP contribution in [0.5, 0.6) is 0 Å². The van der Waals surface area contributed by atoms with E-state index in [0.717, 1.165) is 0 Å². The summed E-state index contributed by atoms with van der Waals surface area (Å²) >= 11 is 0. The van der Waals surface area contributed by atoms with Crippen LogP contribution in [-0.2, 0) is 16.0 Å². The molecule has 1 aromatic heterocycles. The molecule has 2 rings (SSSR count). The second-order valence-electron chi connectivity index (χ2n) is 2.74. The molecule has 0 bridgehead atoms. The van der Waals surface area contributed by atoms with Crippen LogP contribution in [0.4, 0.5) is 5.82 Å². The maximum Gasteiger partial charge on any atom is 0.147 e. The molecule has 1 saturated heterocycles. The molecule has 2 N–H and O–H groups in total. The maximum absolute atomic E-state index is 5.45. The number of rotatable bonds is 2. The fourth-order valence-corrected chi connectivity index (χ4v) is 1.17. The third kappa shape index (κ3) is 1.57. The molecule has 0 spiro atoms. The zero-order valence-corrected chi connectivity index (χ0v) is 6.64. The molecule has 12 heavy (non-hydrogen) atoms. The van der Waals surface area contributed by atoms with Gasteiger partial charge in [0.1, 0.15) is 18.7 Å². The minimum Gasteiger partial charge on any atom is -0.382 e. The van der Waals surface area contributed by atoms with Gasteiger partial charge >= 0.3 is 0 Å². The maximum atomic E-state index is 5.45. The largest absolute Gasteiger partial charge is 0.382 e. The number of anilines is 1. The summed E-state index contributed by atoms with van der Waals surface area (Å²) in [7, 11) is 0. The zero-order valence-electron chi connectivity index (χ0n) is 6.64. The van der Waals surface area contributed by atoms with E-state index >= 15 is 0 Å². The Hall–Kier alpha value is -1.07. The van der Waals surface area contributed by atoms with Crippen LogP contribution in [0.3, 0.4) is 0 Å². The molecule has 1 aliphatic heterocycles. The van der Waals surface area contributed by atoms with E-state index in [2.05, 4.69) is 5.10 Å². The van der Waals surface area contributed by atoms with Crippen molar-refractivity contribution >= 4 is 5.82 Å². The van der Waals surface area contributed by atoms with Crippen LogP contribution in [0, 0.1) is 0 Å². The summed E-state index contributed by atoms with van der Waals surface area (Å²) in [5, 5.41) is 4.03. The van der Waals surface area contributed by atoms with Gasteiger partial charge in [-0.25, -0.2) is 0 Å². The first-order valence-corrected chi connectivity index (χ1v) is 3.83. The molecule has 5 heteroatoms. The van der Waals surface area contributed by atoms with Crippen LogP contribution in [0.1, 0.15) is 0 Å². The Morgan fingerprint density at radius 2 is 2.67 bits per heavy atom. The molecule has 0 aromatic carbocycles. The van der Waals surface area contributed by atoms with Gasteiger partial charge in [-0.05, 0) is 6.07 Å². The number of hydrogen-bond donors (Lipinski definition) is 1. The summed E-state index contributed by atoms with van der Waals surface area (Å²) in [5.74, 6) is 0.536. The Morgan fingerprint density at radius 1 is 1.75 bits per heavy atom. The molecule has 66 valence electrons. The predicted octanol–water partition coefficient (Wildman–Crippen LogP) is -0.162. The Labute approximate surface area is 70.1 Å². The number of nitrogens with two attached hydrogens (primary N) is 1.